The van der Waals surface area contributed by atoms with E-state index in [-0.39, 0.29) is 5.95 Å². The normalized spacial score (nSPS) is 13.0. The number of benzene rings is 1. The number of aliphatic carboxylic acids is 1. The maximum atomic E-state index is 13.5. The second-order valence-electron chi connectivity index (χ2n) is 7.16. The van der Waals surface area contributed by atoms with E-state index in [1.807, 2.05) is 0 Å². The van der Waals surface area contributed by atoms with Gasteiger partial charge in [-0.2, -0.15) is 22.0 Å². The second kappa shape index (κ2) is 8.70. The van der Waals surface area contributed by atoms with Gasteiger partial charge in [-0.15, -0.1) is 0 Å². The van der Waals surface area contributed by atoms with E-state index >= 15 is 0 Å². The number of hydrogen-bond donors (Lipinski definition) is 2. The largest absolute Gasteiger partial charge is 0.477 e. The Balaban J connectivity index is 1.93. The molecule has 174 valence electrons. The number of aromatic nitrogens is 3. The van der Waals surface area contributed by atoms with Gasteiger partial charge in [0.05, 0.1) is 5.69 Å². The van der Waals surface area contributed by atoms with Crippen molar-refractivity contribution in [2.75, 3.05) is 11.9 Å². The summed E-state index contributed by atoms with van der Waals surface area (Å²) >= 11 is 0. The Morgan fingerprint density at radius 1 is 1.03 bits per heavy atom. The molecule has 0 spiro atoms. The molecule has 1 atom stereocenters. The average Bonchev–Trinajstić information content (AvgIpc) is 2.77. The number of carboxylic acids is 1. The van der Waals surface area contributed by atoms with E-state index in [0.717, 1.165) is 23.9 Å². The van der Waals surface area contributed by atoms with Gasteiger partial charge in [0.2, 0.25) is 5.95 Å². The smallest absolute Gasteiger partial charge is 0.433 e. The molecular formula is C21H17F5N4O3. The average molecular weight is 468 g/mol. The number of pyridine rings is 1. The van der Waals surface area contributed by atoms with Crippen LogP contribution in [-0.4, -0.2) is 44.1 Å². The molecule has 2 N–H and O–H groups in total. The van der Waals surface area contributed by atoms with Gasteiger partial charge in [0.15, 0.2) is 6.10 Å². The molecule has 0 amide bonds. The van der Waals surface area contributed by atoms with E-state index in [2.05, 4.69) is 15.0 Å². The first kappa shape index (κ1) is 24.0. The molecule has 7 nitrogen and oxygen atoms in total. The van der Waals surface area contributed by atoms with Crippen LogP contribution in [0.1, 0.15) is 23.1 Å². The topological polar surface area (TPSA) is 99.4 Å². The van der Waals surface area contributed by atoms with Gasteiger partial charge in [-0.25, -0.2) is 14.8 Å². The van der Waals surface area contributed by atoms with Crippen molar-refractivity contribution in [2.24, 2.45) is 0 Å². The molecule has 3 aromatic rings. The van der Waals surface area contributed by atoms with Crippen LogP contribution < -0.4 is 4.90 Å². The number of aliphatic hydroxyl groups excluding tert-OH is 1. The summed E-state index contributed by atoms with van der Waals surface area (Å²) in [6.07, 6.45) is -5.10. The highest BCUT2D eigenvalue weighted by Crippen LogP contribution is 2.33. The molecule has 1 aromatic carbocycles. The number of aliphatic hydroxyl groups is 1. The highest BCUT2D eigenvalue weighted by molar-refractivity contribution is 5.76. The predicted octanol–water partition coefficient (Wildman–Crippen LogP) is 4.39. The van der Waals surface area contributed by atoms with Gasteiger partial charge in [-0.3, -0.25) is 4.98 Å². The van der Waals surface area contributed by atoms with Crippen LogP contribution in [0.4, 0.5) is 33.6 Å². The fraction of sp³-hybridized carbons (Fsp3) is 0.238. The van der Waals surface area contributed by atoms with Gasteiger partial charge in [-0.05, 0) is 42.3 Å². The Bertz CT molecular complexity index is 1170. The maximum absolute atomic E-state index is 13.5. The minimum absolute atomic E-state index is 0.186. The molecule has 0 saturated carbocycles. The van der Waals surface area contributed by atoms with E-state index in [9.17, 15) is 31.9 Å². The number of halogens is 5. The van der Waals surface area contributed by atoms with Crippen molar-refractivity contribution in [1.82, 2.24) is 15.0 Å². The molecule has 0 saturated heterocycles. The van der Waals surface area contributed by atoms with Crippen molar-refractivity contribution in [1.29, 1.82) is 0 Å². The number of carbonyl (C=O) groups is 1. The lowest BCUT2D eigenvalue weighted by molar-refractivity contribution is -0.183. The summed E-state index contributed by atoms with van der Waals surface area (Å²) in [7, 11) is 1.49. The van der Waals surface area contributed by atoms with Crippen LogP contribution in [0.2, 0.25) is 0 Å². The minimum Gasteiger partial charge on any atom is -0.477 e. The molecular weight excluding hydrogens is 451 g/mol. The zero-order valence-electron chi connectivity index (χ0n) is 17.2. The second-order valence-corrected chi connectivity index (χ2v) is 7.16. The number of hydrogen-bond acceptors (Lipinski definition) is 6. The number of aryl methyl sites for hydroxylation is 1. The van der Waals surface area contributed by atoms with Crippen LogP contribution >= 0.6 is 0 Å². The molecule has 0 radical (unpaired) electrons. The highest BCUT2D eigenvalue weighted by Gasteiger charge is 2.48. The number of anilines is 2. The molecule has 2 heterocycles. The first-order valence-electron chi connectivity index (χ1n) is 9.32. The maximum Gasteiger partial charge on any atom is 0.433 e. The number of carboxylic acid groups (broad SMARTS) is 1. The van der Waals surface area contributed by atoms with E-state index in [1.165, 1.54) is 24.2 Å². The van der Waals surface area contributed by atoms with Crippen molar-refractivity contribution in [3.05, 3.63) is 65.7 Å². The molecule has 1 unspecified atom stereocenters. The molecule has 12 heteroatoms. The fourth-order valence-corrected chi connectivity index (χ4v) is 2.95. The van der Waals surface area contributed by atoms with Gasteiger partial charge in [0.1, 0.15) is 5.69 Å². The van der Waals surface area contributed by atoms with Crippen LogP contribution in [0.15, 0.2) is 48.8 Å². The third-order valence-corrected chi connectivity index (χ3v) is 4.71. The summed E-state index contributed by atoms with van der Waals surface area (Å²) < 4.78 is 66.0. The van der Waals surface area contributed by atoms with Crippen LogP contribution in [0.5, 0.6) is 0 Å². The lowest BCUT2D eigenvalue weighted by atomic mass is 10.0. The van der Waals surface area contributed by atoms with Crippen molar-refractivity contribution in [3.63, 3.8) is 0 Å². The monoisotopic (exact) mass is 468 g/mol. The lowest BCUT2D eigenvalue weighted by Crippen LogP contribution is -2.35. The highest BCUT2D eigenvalue weighted by atomic mass is 19.4. The SMILES string of the molecule is Cc1cc(-c2ccc(C(O)C(F)(F)C(=O)O)nc2)cc(N(C)c2nccc(C(F)(F)F)n2)c1. The van der Waals surface area contributed by atoms with Crippen LogP contribution in [-0.2, 0) is 11.0 Å². The summed E-state index contributed by atoms with van der Waals surface area (Å²) in [6.45, 7) is 1.74. The standard InChI is InChI=1S/C21H17F5N4O3/c1-11-7-13(12-3-4-15(28-10-12)17(31)20(22,23)18(32)33)9-14(8-11)30(2)19-27-6-5-16(29-19)21(24,25)26/h3-10,17,31H,1-2H3,(H,32,33). The molecule has 3 rings (SSSR count). The first-order chi connectivity index (χ1) is 15.3. The third-order valence-electron chi connectivity index (χ3n) is 4.71. The quantitative estimate of drug-likeness (QED) is 0.518. The van der Waals surface area contributed by atoms with Gasteiger partial charge < -0.3 is 15.1 Å². The van der Waals surface area contributed by atoms with Crippen LogP contribution in [0, 0.1) is 6.92 Å². The van der Waals surface area contributed by atoms with E-state index in [1.54, 1.807) is 25.1 Å². The minimum atomic E-state index is -4.63. The molecule has 0 aliphatic carbocycles. The number of rotatable bonds is 6. The van der Waals surface area contributed by atoms with Crippen molar-refractivity contribution < 1.29 is 37.0 Å². The van der Waals surface area contributed by atoms with Gasteiger partial charge in [-0.1, -0.05) is 12.1 Å². The Morgan fingerprint density at radius 2 is 1.73 bits per heavy atom. The number of nitrogens with zero attached hydrogens (tertiary/aromatic N) is 4. The number of alkyl halides is 5. The molecule has 2 aromatic heterocycles. The summed E-state index contributed by atoms with van der Waals surface area (Å²) in [5.41, 5.74) is 0.529. The van der Waals surface area contributed by atoms with Gasteiger partial charge >= 0.3 is 18.1 Å². The predicted molar refractivity (Wildman–Crippen MR) is 107 cm³/mol. The molecule has 33 heavy (non-hydrogen) atoms. The molecule has 0 bridgehead atoms. The van der Waals surface area contributed by atoms with Gasteiger partial charge in [0, 0.05) is 30.7 Å². The fourth-order valence-electron chi connectivity index (χ4n) is 2.95. The molecule has 0 aliphatic heterocycles. The third kappa shape index (κ3) is 5.06. The Hall–Kier alpha value is -3.67. The summed E-state index contributed by atoms with van der Waals surface area (Å²) in [5.74, 6) is -7.09. The van der Waals surface area contributed by atoms with E-state index in [0.29, 0.717) is 16.8 Å². The van der Waals surface area contributed by atoms with E-state index < -0.39 is 35.6 Å². The van der Waals surface area contributed by atoms with E-state index in [4.69, 9.17) is 5.11 Å². The molecule has 0 aliphatic rings. The Labute approximate surface area is 184 Å². The first-order valence-corrected chi connectivity index (χ1v) is 9.32. The Morgan fingerprint density at radius 3 is 2.30 bits per heavy atom. The van der Waals surface area contributed by atoms with Gasteiger partial charge in [0.25, 0.3) is 0 Å². The summed E-state index contributed by atoms with van der Waals surface area (Å²) in [6, 6.07) is 8.21. The van der Waals surface area contributed by atoms with Crippen LogP contribution in [0.25, 0.3) is 11.1 Å². The zero-order valence-corrected chi connectivity index (χ0v) is 17.2. The van der Waals surface area contributed by atoms with Crippen molar-refractivity contribution >= 4 is 17.6 Å². The van der Waals surface area contributed by atoms with Crippen LogP contribution in [0.3, 0.4) is 0 Å². The zero-order chi connectivity index (χ0) is 24.6. The summed E-state index contributed by atoms with van der Waals surface area (Å²) in [4.78, 5) is 23.2. The Kier molecular flexibility index (Phi) is 6.32. The van der Waals surface area contributed by atoms with Crippen molar-refractivity contribution in [2.45, 2.75) is 25.1 Å². The lowest BCUT2D eigenvalue weighted by Gasteiger charge is -2.20. The van der Waals surface area contributed by atoms with Crippen molar-refractivity contribution in [3.8, 4) is 11.1 Å². The summed E-state index contributed by atoms with van der Waals surface area (Å²) in [5, 5.41) is 18.2. The molecule has 0 fully saturated rings.